The lowest BCUT2D eigenvalue weighted by molar-refractivity contribution is 0.256. The second-order valence-electron chi connectivity index (χ2n) is 6.27. The molecule has 1 aliphatic carbocycles. The van der Waals surface area contributed by atoms with E-state index in [2.05, 4.69) is 10.6 Å². The number of phenols is 1. The Bertz CT molecular complexity index is 429. The van der Waals surface area contributed by atoms with Crippen LogP contribution in [-0.4, -0.2) is 23.7 Å². The number of phenolic OH excluding ortho intramolecular Hbond substituents is 1. The minimum Gasteiger partial charge on any atom is -0.508 e. The van der Waals surface area contributed by atoms with Crippen LogP contribution in [0.3, 0.4) is 0 Å². The van der Waals surface area contributed by atoms with Gasteiger partial charge >= 0.3 is 0 Å². The normalized spacial score (nSPS) is 30.5. The van der Waals surface area contributed by atoms with Gasteiger partial charge in [0.05, 0.1) is 0 Å². The van der Waals surface area contributed by atoms with E-state index in [4.69, 9.17) is 0 Å². The smallest absolute Gasteiger partial charge is 0.120 e. The van der Waals surface area contributed by atoms with Crippen LogP contribution >= 0.6 is 0 Å². The van der Waals surface area contributed by atoms with E-state index in [0.29, 0.717) is 17.8 Å². The fraction of sp³-hybridized carbons (Fsp3) is 0.647. The maximum atomic E-state index is 9.85. The summed E-state index contributed by atoms with van der Waals surface area (Å²) in [7, 11) is 0. The van der Waals surface area contributed by atoms with Crippen molar-refractivity contribution < 1.29 is 5.11 Å². The summed E-state index contributed by atoms with van der Waals surface area (Å²) in [5.41, 5.74) is 1.01. The van der Waals surface area contributed by atoms with Crippen LogP contribution in [0.4, 0.5) is 0 Å². The highest BCUT2D eigenvalue weighted by atomic mass is 16.3. The Morgan fingerprint density at radius 1 is 1.10 bits per heavy atom. The summed E-state index contributed by atoms with van der Waals surface area (Å²) in [5, 5.41) is 17.2. The van der Waals surface area contributed by atoms with Gasteiger partial charge in [-0.05, 0) is 44.2 Å². The minimum atomic E-state index is 0.408. The number of aromatic hydroxyl groups is 1. The molecule has 0 bridgehead atoms. The molecule has 2 fully saturated rings. The maximum Gasteiger partial charge on any atom is 0.120 e. The van der Waals surface area contributed by atoms with Crippen molar-refractivity contribution >= 4 is 0 Å². The van der Waals surface area contributed by atoms with Gasteiger partial charge in [-0.1, -0.05) is 31.0 Å². The Balaban J connectivity index is 1.57. The predicted molar refractivity (Wildman–Crippen MR) is 81.7 cm³/mol. The number of nitrogens with one attached hydrogen (secondary N) is 2. The van der Waals surface area contributed by atoms with Gasteiger partial charge in [-0.2, -0.15) is 0 Å². The first-order valence-electron chi connectivity index (χ1n) is 8.08. The van der Waals surface area contributed by atoms with E-state index in [9.17, 15) is 5.11 Å². The van der Waals surface area contributed by atoms with Crippen LogP contribution in [0.25, 0.3) is 0 Å². The third-order valence-corrected chi connectivity index (χ3v) is 4.98. The zero-order chi connectivity index (χ0) is 13.8. The fourth-order valence-corrected chi connectivity index (χ4v) is 3.87. The molecule has 1 saturated heterocycles. The standard InChI is InChI=1S/C17H26N2O/c20-17-10-2-1-6-13(17)12-19-16-9-5-7-14(16)15-8-3-4-11-18-15/h1-2,6,10,14-16,18-20H,3-5,7-9,11-12H2. The monoisotopic (exact) mass is 274 g/mol. The number of piperidine rings is 1. The number of rotatable bonds is 4. The SMILES string of the molecule is Oc1ccccc1CNC1CCCC1C1CCCCN1. The van der Waals surface area contributed by atoms with Crippen LogP contribution < -0.4 is 10.6 Å². The Morgan fingerprint density at radius 2 is 2.00 bits per heavy atom. The molecule has 3 unspecified atom stereocenters. The molecule has 0 aromatic heterocycles. The lowest BCUT2D eigenvalue weighted by Gasteiger charge is -2.33. The lowest BCUT2D eigenvalue weighted by atomic mass is 9.88. The van der Waals surface area contributed by atoms with Crippen LogP contribution in [0.5, 0.6) is 5.75 Å². The van der Waals surface area contributed by atoms with Crippen molar-refractivity contribution in [2.24, 2.45) is 5.92 Å². The van der Waals surface area contributed by atoms with Gasteiger partial charge in [0.1, 0.15) is 5.75 Å². The highest BCUT2D eigenvalue weighted by Crippen LogP contribution is 2.32. The Hall–Kier alpha value is -1.06. The zero-order valence-electron chi connectivity index (χ0n) is 12.1. The number of benzene rings is 1. The quantitative estimate of drug-likeness (QED) is 0.791. The van der Waals surface area contributed by atoms with Crippen LogP contribution in [0, 0.1) is 5.92 Å². The summed E-state index contributed by atoms with van der Waals surface area (Å²) in [6, 6.07) is 8.95. The molecule has 0 radical (unpaired) electrons. The third-order valence-electron chi connectivity index (χ3n) is 4.98. The Morgan fingerprint density at radius 3 is 2.80 bits per heavy atom. The average molecular weight is 274 g/mol. The first kappa shape index (κ1) is 13.9. The molecule has 3 N–H and O–H groups in total. The van der Waals surface area contributed by atoms with Gasteiger partial charge in [0.15, 0.2) is 0 Å². The van der Waals surface area contributed by atoms with E-state index < -0.39 is 0 Å². The summed E-state index contributed by atoms with van der Waals surface area (Å²) in [4.78, 5) is 0. The van der Waals surface area contributed by atoms with Crippen LogP contribution in [0.1, 0.15) is 44.1 Å². The summed E-state index contributed by atoms with van der Waals surface area (Å²) in [6.07, 6.45) is 7.99. The van der Waals surface area contributed by atoms with E-state index in [1.54, 1.807) is 6.07 Å². The molecule has 3 heteroatoms. The van der Waals surface area contributed by atoms with Crippen molar-refractivity contribution in [2.45, 2.75) is 57.2 Å². The second kappa shape index (κ2) is 6.59. The molecule has 1 saturated carbocycles. The van der Waals surface area contributed by atoms with E-state index in [0.717, 1.165) is 18.0 Å². The molecule has 1 aliphatic heterocycles. The van der Waals surface area contributed by atoms with Gasteiger partial charge in [-0.15, -0.1) is 0 Å². The van der Waals surface area contributed by atoms with Crippen molar-refractivity contribution in [3.05, 3.63) is 29.8 Å². The molecule has 110 valence electrons. The van der Waals surface area contributed by atoms with Gasteiger partial charge in [0, 0.05) is 24.2 Å². The van der Waals surface area contributed by atoms with E-state index in [1.165, 1.54) is 45.1 Å². The lowest BCUT2D eigenvalue weighted by Crippen LogP contribution is -2.46. The molecule has 20 heavy (non-hydrogen) atoms. The molecule has 3 nitrogen and oxygen atoms in total. The highest BCUT2D eigenvalue weighted by molar-refractivity contribution is 5.31. The molecule has 1 aromatic rings. The average Bonchev–Trinajstić information content (AvgIpc) is 2.96. The molecule has 1 aromatic carbocycles. The van der Waals surface area contributed by atoms with Crippen molar-refractivity contribution in [1.29, 1.82) is 0 Å². The van der Waals surface area contributed by atoms with E-state index >= 15 is 0 Å². The van der Waals surface area contributed by atoms with Gasteiger partial charge in [0.25, 0.3) is 0 Å². The summed E-state index contributed by atoms with van der Waals surface area (Å²) >= 11 is 0. The summed E-state index contributed by atoms with van der Waals surface area (Å²) in [6.45, 7) is 1.97. The van der Waals surface area contributed by atoms with Crippen LogP contribution in [0.15, 0.2) is 24.3 Å². The first-order chi connectivity index (χ1) is 9.84. The fourth-order valence-electron chi connectivity index (χ4n) is 3.87. The number of para-hydroxylation sites is 1. The first-order valence-corrected chi connectivity index (χ1v) is 8.08. The largest absolute Gasteiger partial charge is 0.508 e. The van der Waals surface area contributed by atoms with Gasteiger partial charge in [-0.3, -0.25) is 0 Å². The highest BCUT2D eigenvalue weighted by Gasteiger charge is 2.33. The molecular formula is C17H26N2O. The Kier molecular flexibility index (Phi) is 4.58. The number of hydrogen-bond donors (Lipinski definition) is 3. The molecule has 1 heterocycles. The van der Waals surface area contributed by atoms with Crippen LogP contribution in [0.2, 0.25) is 0 Å². The summed E-state index contributed by atoms with van der Waals surface area (Å²) < 4.78 is 0. The third kappa shape index (κ3) is 3.15. The van der Waals surface area contributed by atoms with Crippen molar-refractivity contribution in [3.63, 3.8) is 0 Å². The zero-order valence-corrected chi connectivity index (χ0v) is 12.1. The van der Waals surface area contributed by atoms with Crippen molar-refractivity contribution in [1.82, 2.24) is 10.6 Å². The van der Waals surface area contributed by atoms with Crippen LogP contribution in [-0.2, 0) is 6.54 Å². The Labute approximate surface area is 121 Å². The van der Waals surface area contributed by atoms with Crippen molar-refractivity contribution in [3.8, 4) is 5.75 Å². The molecule has 0 amide bonds. The second-order valence-corrected chi connectivity index (χ2v) is 6.27. The van der Waals surface area contributed by atoms with Gasteiger partial charge in [0.2, 0.25) is 0 Å². The van der Waals surface area contributed by atoms with Gasteiger partial charge in [-0.25, -0.2) is 0 Å². The molecule has 3 atom stereocenters. The van der Waals surface area contributed by atoms with E-state index in [1.807, 2.05) is 18.2 Å². The molecular weight excluding hydrogens is 248 g/mol. The van der Waals surface area contributed by atoms with Crippen molar-refractivity contribution in [2.75, 3.05) is 6.54 Å². The van der Waals surface area contributed by atoms with Gasteiger partial charge < -0.3 is 15.7 Å². The summed E-state index contributed by atoms with van der Waals surface area (Å²) in [5.74, 6) is 1.17. The predicted octanol–water partition coefficient (Wildman–Crippen LogP) is 2.79. The molecule has 2 aliphatic rings. The topological polar surface area (TPSA) is 44.3 Å². The maximum absolute atomic E-state index is 9.85. The molecule has 3 rings (SSSR count). The molecule has 0 spiro atoms. The minimum absolute atomic E-state index is 0.408. The number of hydrogen-bond acceptors (Lipinski definition) is 3. The van der Waals surface area contributed by atoms with E-state index in [-0.39, 0.29) is 0 Å².